The van der Waals surface area contributed by atoms with E-state index >= 15 is 0 Å². The van der Waals surface area contributed by atoms with Crippen LogP contribution < -0.4 is 9.20 Å². The molecule has 5 heteroatoms. The summed E-state index contributed by atoms with van der Waals surface area (Å²) in [7, 11) is 0. The van der Waals surface area contributed by atoms with Gasteiger partial charge >= 0.3 is 210 Å². The normalized spacial score (nSPS) is 14.3. The number of hydrogen-bond donors (Lipinski definition) is 1. The Balaban J connectivity index is 1.52. The van der Waals surface area contributed by atoms with Gasteiger partial charge in [0.1, 0.15) is 5.75 Å². The van der Waals surface area contributed by atoms with Gasteiger partial charge in [-0.15, -0.1) is 0 Å². The van der Waals surface area contributed by atoms with Crippen LogP contribution in [0.25, 0.3) is 11.0 Å². The molecule has 0 aliphatic carbocycles. The van der Waals surface area contributed by atoms with Crippen molar-refractivity contribution in [3.63, 3.8) is 0 Å². The first-order chi connectivity index (χ1) is 17.5. The zero-order chi connectivity index (χ0) is 25.5. The van der Waals surface area contributed by atoms with Crippen LogP contribution in [0.4, 0.5) is 0 Å². The first kappa shape index (κ1) is 27.2. The van der Waals surface area contributed by atoms with Crippen LogP contribution in [0.1, 0.15) is 76.0 Å². The van der Waals surface area contributed by atoms with E-state index < -0.39 is 18.4 Å². The number of rotatable bonds is 12. The van der Waals surface area contributed by atoms with Gasteiger partial charge in [0.15, 0.2) is 0 Å². The Hall–Kier alpha value is -1.79. The number of nitrogens with zero attached hydrogens (tertiary/aromatic N) is 1. The van der Waals surface area contributed by atoms with Crippen molar-refractivity contribution in [1.82, 2.24) is 4.90 Å². The molecule has 0 saturated carbocycles. The molecular weight excluding hydrogens is 553 g/mol. The number of unbranched alkanes of at least 4 members (excludes halogenated alkanes) is 3. The predicted octanol–water partition coefficient (Wildman–Crippen LogP) is 7.11. The van der Waals surface area contributed by atoms with Crippen LogP contribution in [0.2, 0.25) is 13.3 Å². The molecule has 0 bridgehead atoms. The molecule has 4 rings (SSSR count). The molecule has 0 fully saturated rings. The summed E-state index contributed by atoms with van der Waals surface area (Å²) in [6.45, 7) is 9.40. The van der Waals surface area contributed by atoms with Gasteiger partial charge in [0.05, 0.1) is 0 Å². The molecule has 0 atom stereocenters. The SMILES string of the molecule is CCC[CH2][Sn]([CH2]CCC)([CH2]CCC)[c]1ccc(CN2CCc3c(c(=O)oc4cc(O)ccc34)C2)cc1. The van der Waals surface area contributed by atoms with Gasteiger partial charge in [-0.1, -0.05) is 0 Å². The fraction of sp³-hybridized carbons (Fsp3) is 0.516. The van der Waals surface area contributed by atoms with Gasteiger partial charge in [-0.3, -0.25) is 0 Å². The van der Waals surface area contributed by atoms with Crippen LogP contribution in [0.3, 0.4) is 0 Å². The molecule has 194 valence electrons. The Kier molecular flexibility index (Phi) is 9.57. The van der Waals surface area contributed by atoms with Gasteiger partial charge in [-0.05, 0) is 0 Å². The van der Waals surface area contributed by atoms with Crippen LogP contribution in [0.5, 0.6) is 5.75 Å². The number of aromatic hydroxyl groups is 1. The first-order valence-electron chi connectivity index (χ1n) is 14.1. The number of phenols is 1. The summed E-state index contributed by atoms with van der Waals surface area (Å²) < 4.78 is 11.8. The van der Waals surface area contributed by atoms with Gasteiger partial charge in [0, 0.05) is 0 Å². The summed E-state index contributed by atoms with van der Waals surface area (Å²) in [6, 6.07) is 14.8. The molecule has 0 amide bonds. The topological polar surface area (TPSA) is 53.7 Å². The second-order valence-corrected chi connectivity index (χ2v) is 24.0. The van der Waals surface area contributed by atoms with Crippen molar-refractivity contribution in [2.75, 3.05) is 6.54 Å². The van der Waals surface area contributed by atoms with Crippen molar-refractivity contribution < 1.29 is 9.52 Å². The molecule has 2 aromatic carbocycles. The van der Waals surface area contributed by atoms with Gasteiger partial charge in [-0.2, -0.15) is 0 Å². The Bertz CT molecular complexity index is 1180. The van der Waals surface area contributed by atoms with Crippen molar-refractivity contribution in [3.05, 3.63) is 69.6 Å². The number of phenolic OH excluding ortho intramolecular Hbond substituents is 1. The minimum absolute atomic E-state index is 0.124. The van der Waals surface area contributed by atoms with E-state index in [9.17, 15) is 9.90 Å². The van der Waals surface area contributed by atoms with E-state index in [2.05, 4.69) is 49.9 Å². The van der Waals surface area contributed by atoms with E-state index in [1.165, 1.54) is 63.5 Å². The van der Waals surface area contributed by atoms with Crippen molar-refractivity contribution in [2.24, 2.45) is 0 Å². The zero-order valence-electron chi connectivity index (χ0n) is 22.4. The molecule has 1 aliphatic heterocycles. The van der Waals surface area contributed by atoms with Crippen molar-refractivity contribution in [3.8, 4) is 5.75 Å². The molecule has 36 heavy (non-hydrogen) atoms. The molecular formula is C31H43NO3Sn. The summed E-state index contributed by atoms with van der Waals surface area (Å²) in [5.41, 5.74) is 3.38. The van der Waals surface area contributed by atoms with Gasteiger partial charge in [0.25, 0.3) is 0 Å². The molecule has 3 aromatic rings. The summed E-state index contributed by atoms with van der Waals surface area (Å²) in [4.78, 5) is 15.1. The zero-order valence-corrected chi connectivity index (χ0v) is 25.3. The third-order valence-electron chi connectivity index (χ3n) is 8.16. The average molecular weight is 596 g/mol. The Morgan fingerprint density at radius 3 is 2.14 bits per heavy atom. The van der Waals surface area contributed by atoms with Crippen molar-refractivity contribution in [1.29, 1.82) is 0 Å². The molecule has 4 nitrogen and oxygen atoms in total. The van der Waals surface area contributed by atoms with Gasteiger partial charge < -0.3 is 5.11 Å². The van der Waals surface area contributed by atoms with Crippen molar-refractivity contribution >= 4 is 32.9 Å². The van der Waals surface area contributed by atoms with Crippen LogP contribution in [0.15, 0.2) is 51.7 Å². The monoisotopic (exact) mass is 597 g/mol. The third kappa shape index (κ3) is 6.19. The summed E-state index contributed by atoms with van der Waals surface area (Å²) in [5.74, 6) is 0.124. The Labute approximate surface area is 220 Å². The van der Waals surface area contributed by atoms with E-state index in [-0.39, 0.29) is 11.4 Å². The third-order valence-corrected chi connectivity index (χ3v) is 23.8. The summed E-state index contributed by atoms with van der Waals surface area (Å²) in [6.07, 6.45) is 8.88. The molecule has 1 N–H and O–H groups in total. The fourth-order valence-electron chi connectivity index (χ4n) is 6.02. The average Bonchev–Trinajstić information content (AvgIpc) is 2.89. The minimum atomic E-state index is -2.39. The number of fused-ring (bicyclic) bond motifs is 3. The number of benzene rings is 2. The van der Waals surface area contributed by atoms with E-state index in [1.807, 2.05) is 6.07 Å². The standard InChI is InChI=1S/C19H16NO3.3C4H9.Sn/c21-14-6-7-16-15-8-9-20(11-13-4-2-1-3-5-13)12-17(15)19(22)23-18(16)10-14;3*1-3-4-2;/h2-7,10,21H,8-9,11-12H2;3*1,3-4H2,2H3;. The van der Waals surface area contributed by atoms with E-state index in [1.54, 1.807) is 9.65 Å². The van der Waals surface area contributed by atoms with E-state index in [0.717, 1.165) is 36.0 Å². The van der Waals surface area contributed by atoms with Crippen LogP contribution in [-0.2, 0) is 19.5 Å². The molecule has 0 saturated heterocycles. The van der Waals surface area contributed by atoms with Gasteiger partial charge in [-0.25, -0.2) is 0 Å². The van der Waals surface area contributed by atoms with E-state index in [4.69, 9.17) is 4.42 Å². The Morgan fingerprint density at radius 2 is 1.53 bits per heavy atom. The molecule has 0 unspecified atom stereocenters. The predicted molar refractivity (Wildman–Crippen MR) is 153 cm³/mol. The molecule has 1 aliphatic rings. The molecule has 1 aromatic heterocycles. The second-order valence-electron chi connectivity index (χ2n) is 10.8. The molecule has 0 spiro atoms. The molecule has 2 heterocycles. The van der Waals surface area contributed by atoms with Gasteiger partial charge in [0.2, 0.25) is 0 Å². The maximum atomic E-state index is 12.7. The van der Waals surface area contributed by atoms with Crippen LogP contribution in [-0.4, -0.2) is 34.9 Å². The molecule has 0 radical (unpaired) electrons. The van der Waals surface area contributed by atoms with E-state index in [0.29, 0.717) is 12.1 Å². The van der Waals surface area contributed by atoms with Crippen LogP contribution in [0, 0.1) is 0 Å². The van der Waals surface area contributed by atoms with Crippen LogP contribution >= 0.6 is 0 Å². The summed E-state index contributed by atoms with van der Waals surface area (Å²) in [5, 5.41) is 10.7. The Morgan fingerprint density at radius 1 is 0.889 bits per heavy atom. The fourth-order valence-corrected chi connectivity index (χ4v) is 21.9. The first-order valence-corrected chi connectivity index (χ1v) is 21.6. The maximum absolute atomic E-state index is 12.7. The number of hydrogen-bond acceptors (Lipinski definition) is 4. The quantitative estimate of drug-likeness (QED) is 0.179. The van der Waals surface area contributed by atoms with Crippen molar-refractivity contribution in [2.45, 2.75) is 92.1 Å². The second kappa shape index (κ2) is 12.6. The summed E-state index contributed by atoms with van der Waals surface area (Å²) >= 11 is -2.39.